The van der Waals surface area contributed by atoms with Crippen molar-refractivity contribution in [3.05, 3.63) is 29.8 Å². The molecule has 1 aromatic rings. The van der Waals surface area contributed by atoms with Crippen LogP contribution in [-0.4, -0.2) is 31.7 Å². The number of benzene rings is 1. The highest BCUT2D eigenvalue weighted by Gasteiger charge is 2.32. The van der Waals surface area contributed by atoms with E-state index in [0.29, 0.717) is 31.5 Å². The first-order valence-corrected chi connectivity index (χ1v) is 7.44. The molecule has 1 atom stereocenters. The molecule has 2 rings (SSSR count). The summed E-state index contributed by atoms with van der Waals surface area (Å²) in [5, 5.41) is 0. The molecule has 0 radical (unpaired) electrons. The van der Waals surface area contributed by atoms with Crippen molar-refractivity contribution in [1.82, 2.24) is 4.31 Å². The Morgan fingerprint density at radius 1 is 1.33 bits per heavy atom. The molecule has 0 aromatic heterocycles. The van der Waals surface area contributed by atoms with E-state index in [0.717, 1.165) is 12.1 Å². The Labute approximate surface area is 109 Å². The van der Waals surface area contributed by atoms with Gasteiger partial charge in [-0.05, 0) is 30.5 Å². The van der Waals surface area contributed by atoms with Crippen LogP contribution >= 0.6 is 11.6 Å². The highest BCUT2D eigenvalue weighted by molar-refractivity contribution is 7.89. The first kappa shape index (κ1) is 13.7. The first-order chi connectivity index (χ1) is 8.45. The molecule has 1 saturated heterocycles. The number of alkyl halides is 1. The Morgan fingerprint density at radius 3 is 2.61 bits per heavy atom. The van der Waals surface area contributed by atoms with Crippen LogP contribution in [-0.2, 0) is 10.0 Å². The summed E-state index contributed by atoms with van der Waals surface area (Å²) in [5.41, 5.74) is 0. The number of hydrogen-bond acceptors (Lipinski definition) is 2. The predicted octanol–water partition coefficient (Wildman–Crippen LogP) is 2.21. The van der Waals surface area contributed by atoms with Gasteiger partial charge in [0.25, 0.3) is 0 Å². The van der Waals surface area contributed by atoms with Gasteiger partial charge >= 0.3 is 0 Å². The molecular weight excluding hydrogens is 284 g/mol. The second kappa shape index (κ2) is 5.11. The molecule has 7 heteroatoms. The third-order valence-corrected chi connectivity index (χ3v) is 5.29. The third kappa shape index (κ3) is 2.50. The van der Waals surface area contributed by atoms with Crippen LogP contribution in [0.2, 0.25) is 0 Å². The molecule has 1 aromatic carbocycles. The molecule has 3 nitrogen and oxygen atoms in total. The standard InChI is InChI=1S/C11H12ClF2NO2S/c12-6-8-3-4-15(7-8)18(16,17)9-1-2-10(13)11(14)5-9/h1-2,5,8H,3-4,6-7H2. The SMILES string of the molecule is O=S(=O)(c1ccc(F)c(F)c1)N1CCC(CCl)C1. The van der Waals surface area contributed by atoms with Crippen LogP contribution in [0.15, 0.2) is 23.1 Å². The van der Waals surface area contributed by atoms with Gasteiger partial charge in [0.1, 0.15) is 0 Å². The average Bonchev–Trinajstić information content (AvgIpc) is 2.81. The maximum atomic E-state index is 13.1. The molecule has 0 N–H and O–H groups in total. The van der Waals surface area contributed by atoms with Crippen LogP contribution in [0.5, 0.6) is 0 Å². The number of hydrogen-bond donors (Lipinski definition) is 0. The van der Waals surface area contributed by atoms with Gasteiger partial charge < -0.3 is 0 Å². The van der Waals surface area contributed by atoms with E-state index in [4.69, 9.17) is 11.6 Å². The molecule has 0 amide bonds. The van der Waals surface area contributed by atoms with E-state index in [-0.39, 0.29) is 10.8 Å². The summed E-state index contributed by atoms with van der Waals surface area (Å²) < 4.78 is 51.4. The van der Waals surface area contributed by atoms with E-state index in [1.807, 2.05) is 0 Å². The van der Waals surface area contributed by atoms with E-state index < -0.39 is 21.7 Å². The van der Waals surface area contributed by atoms with Crippen LogP contribution in [0.4, 0.5) is 8.78 Å². The second-order valence-corrected chi connectivity index (χ2v) is 6.49. The molecule has 1 aliphatic rings. The lowest BCUT2D eigenvalue weighted by atomic mass is 10.2. The Balaban J connectivity index is 2.28. The van der Waals surface area contributed by atoms with Crippen LogP contribution in [0.1, 0.15) is 6.42 Å². The van der Waals surface area contributed by atoms with Crippen molar-refractivity contribution >= 4 is 21.6 Å². The molecule has 1 heterocycles. The lowest BCUT2D eigenvalue weighted by Gasteiger charge is -2.16. The number of nitrogens with zero attached hydrogens (tertiary/aromatic N) is 1. The summed E-state index contributed by atoms with van der Waals surface area (Å²) in [7, 11) is -3.75. The van der Waals surface area contributed by atoms with Gasteiger partial charge in [0.2, 0.25) is 10.0 Å². The van der Waals surface area contributed by atoms with Gasteiger partial charge in [0, 0.05) is 19.0 Å². The highest BCUT2D eigenvalue weighted by atomic mass is 35.5. The highest BCUT2D eigenvalue weighted by Crippen LogP contribution is 2.25. The fourth-order valence-electron chi connectivity index (χ4n) is 1.93. The zero-order valence-corrected chi connectivity index (χ0v) is 11.0. The summed E-state index contributed by atoms with van der Waals surface area (Å²) >= 11 is 5.68. The molecule has 100 valence electrons. The Hall–Kier alpha value is -0.720. The summed E-state index contributed by atoms with van der Waals surface area (Å²) in [6, 6.07) is 2.60. The van der Waals surface area contributed by atoms with Crippen molar-refractivity contribution in [3.63, 3.8) is 0 Å². The van der Waals surface area contributed by atoms with Crippen LogP contribution in [0.25, 0.3) is 0 Å². The monoisotopic (exact) mass is 295 g/mol. The minimum Gasteiger partial charge on any atom is -0.207 e. The smallest absolute Gasteiger partial charge is 0.207 e. The quantitative estimate of drug-likeness (QED) is 0.802. The van der Waals surface area contributed by atoms with Crippen molar-refractivity contribution in [1.29, 1.82) is 0 Å². The molecule has 0 saturated carbocycles. The molecule has 1 unspecified atom stereocenters. The molecule has 18 heavy (non-hydrogen) atoms. The number of halogens is 3. The Kier molecular flexibility index (Phi) is 3.89. The van der Waals surface area contributed by atoms with Crippen molar-refractivity contribution < 1.29 is 17.2 Å². The van der Waals surface area contributed by atoms with Crippen LogP contribution in [0, 0.1) is 17.6 Å². The summed E-state index contributed by atoms with van der Waals surface area (Å²) in [6.07, 6.45) is 0.687. The zero-order valence-electron chi connectivity index (χ0n) is 9.44. The maximum Gasteiger partial charge on any atom is 0.243 e. The van der Waals surface area contributed by atoms with Gasteiger partial charge in [-0.25, -0.2) is 17.2 Å². The Morgan fingerprint density at radius 2 is 2.06 bits per heavy atom. The fourth-order valence-corrected chi connectivity index (χ4v) is 3.72. The van der Waals surface area contributed by atoms with E-state index in [2.05, 4.69) is 0 Å². The van der Waals surface area contributed by atoms with Crippen molar-refractivity contribution in [2.75, 3.05) is 19.0 Å². The van der Waals surface area contributed by atoms with Gasteiger partial charge in [-0.15, -0.1) is 11.6 Å². The van der Waals surface area contributed by atoms with Gasteiger partial charge in [-0.3, -0.25) is 0 Å². The molecule has 0 aliphatic carbocycles. The topological polar surface area (TPSA) is 37.4 Å². The summed E-state index contributed by atoms with van der Waals surface area (Å²) in [5.74, 6) is -1.71. The molecule has 1 fully saturated rings. The van der Waals surface area contributed by atoms with Gasteiger partial charge in [0.05, 0.1) is 4.90 Å². The molecule has 0 spiro atoms. The van der Waals surface area contributed by atoms with E-state index >= 15 is 0 Å². The number of sulfonamides is 1. The third-order valence-electron chi connectivity index (χ3n) is 3.00. The second-order valence-electron chi connectivity index (χ2n) is 4.25. The molecule has 1 aliphatic heterocycles. The van der Waals surface area contributed by atoms with Gasteiger partial charge in [-0.2, -0.15) is 4.31 Å². The van der Waals surface area contributed by atoms with Crippen LogP contribution < -0.4 is 0 Å². The largest absolute Gasteiger partial charge is 0.243 e. The predicted molar refractivity (Wildman–Crippen MR) is 63.9 cm³/mol. The van der Waals surface area contributed by atoms with Gasteiger partial charge in [-0.1, -0.05) is 0 Å². The van der Waals surface area contributed by atoms with Gasteiger partial charge in [0.15, 0.2) is 11.6 Å². The lowest BCUT2D eigenvalue weighted by molar-refractivity contribution is 0.462. The van der Waals surface area contributed by atoms with E-state index in [1.54, 1.807) is 0 Å². The summed E-state index contributed by atoms with van der Waals surface area (Å²) in [4.78, 5) is -0.225. The van der Waals surface area contributed by atoms with E-state index in [1.165, 1.54) is 4.31 Å². The van der Waals surface area contributed by atoms with Crippen LogP contribution in [0.3, 0.4) is 0 Å². The minimum atomic E-state index is -3.75. The Bertz CT molecular complexity index is 550. The molecule has 0 bridgehead atoms. The normalized spacial score (nSPS) is 21.4. The maximum absolute atomic E-state index is 13.1. The van der Waals surface area contributed by atoms with Crippen molar-refractivity contribution in [3.8, 4) is 0 Å². The summed E-state index contributed by atoms with van der Waals surface area (Å²) in [6.45, 7) is 0.684. The molecular formula is C11H12ClF2NO2S. The number of rotatable bonds is 3. The average molecular weight is 296 g/mol. The zero-order chi connectivity index (χ0) is 13.3. The van der Waals surface area contributed by atoms with E-state index in [9.17, 15) is 17.2 Å². The fraction of sp³-hybridized carbons (Fsp3) is 0.455. The first-order valence-electron chi connectivity index (χ1n) is 5.46. The minimum absolute atomic E-state index is 0.117. The van der Waals surface area contributed by atoms with Crippen molar-refractivity contribution in [2.45, 2.75) is 11.3 Å². The van der Waals surface area contributed by atoms with Crippen molar-refractivity contribution in [2.24, 2.45) is 5.92 Å². The lowest BCUT2D eigenvalue weighted by Crippen LogP contribution is -2.29.